The lowest BCUT2D eigenvalue weighted by molar-refractivity contribution is 0.282. The lowest BCUT2D eigenvalue weighted by Crippen LogP contribution is -2.10. The van der Waals surface area contributed by atoms with E-state index in [2.05, 4.69) is 10.2 Å². The van der Waals surface area contributed by atoms with Gasteiger partial charge in [-0.05, 0) is 36.4 Å². The van der Waals surface area contributed by atoms with Crippen molar-refractivity contribution in [3.63, 3.8) is 0 Å². The maximum absolute atomic E-state index is 5.81. The number of rotatable bonds is 4. The molecule has 0 saturated carbocycles. The van der Waals surface area contributed by atoms with Crippen LogP contribution in [0.5, 0.6) is 5.75 Å². The molecule has 3 aromatic rings. The summed E-state index contributed by atoms with van der Waals surface area (Å²) in [6.07, 6.45) is 0. The molecule has 1 aromatic heterocycles. The molecule has 2 aromatic carbocycles. The quantitative estimate of drug-likeness (QED) is 0.733. The minimum absolute atomic E-state index is 0.516. The molecule has 0 fully saturated rings. The van der Waals surface area contributed by atoms with Crippen LogP contribution in [0.4, 0.5) is 0 Å². The van der Waals surface area contributed by atoms with Crippen molar-refractivity contribution in [2.24, 2.45) is 0 Å². The van der Waals surface area contributed by atoms with E-state index in [0.29, 0.717) is 18.2 Å². The monoisotopic (exact) mass is 273 g/mol. The number of nitrogens with zero attached hydrogens (tertiary/aromatic N) is 3. The van der Waals surface area contributed by atoms with Gasteiger partial charge in [0.2, 0.25) is 0 Å². The Morgan fingerprint density at radius 2 is 1.58 bits per heavy atom. The molecule has 0 N–H and O–H groups in total. The first-order valence-corrected chi connectivity index (χ1v) is 6.37. The Hall–Kier alpha value is -2.07. The fourth-order valence-electron chi connectivity index (χ4n) is 1.78. The largest absolute Gasteiger partial charge is 0.492 e. The Balaban J connectivity index is 1.61. The molecule has 0 unspecified atom stereocenters. The summed E-state index contributed by atoms with van der Waals surface area (Å²) in [6, 6.07) is 15.1. The fraction of sp³-hybridized carbons (Fsp3) is 0.143. The van der Waals surface area contributed by atoms with E-state index in [1.54, 1.807) is 16.9 Å². The van der Waals surface area contributed by atoms with Gasteiger partial charge in [0.05, 0.1) is 6.54 Å². The average molecular weight is 274 g/mol. The Morgan fingerprint density at radius 1 is 0.947 bits per heavy atom. The highest BCUT2D eigenvalue weighted by molar-refractivity contribution is 6.30. The summed E-state index contributed by atoms with van der Waals surface area (Å²) in [6.45, 7) is 1.12. The normalized spacial score (nSPS) is 10.8. The van der Waals surface area contributed by atoms with E-state index in [1.165, 1.54) is 0 Å². The second-order valence-electron chi connectivity index (χ2n) is 4.09. The zero-order valence-corrected chi connectivity index (χ0v) is 10.9. The third kappa shape index (κ3) is 2.85. The van der Waals surface area contributed by atoms with Crippen LogP contribution >= 0.6 is 11.6 Å². The van der Waals surface area contributed by atoms with Gasteiger partial charge in [-0.25, -0.2) is 0 Å². The molecule has 0 aliphatic rings. The molecule has 0 aliphatic heterocycles. The number of halogens is 1. The van der Waals surface area contributed by atoms with Crippen LogP contribution in [0.25, 0.3) is 11.0 Å². The van der Waals surface area contributed by atoms with Crippen LogP contribution in [0.3, 0.4) is 0 Å². The van der Waals surface area contributed by atoms with E-state index in [9.17, 15) is 0 Å². The molecule has 19 heavy (non-hydrogen) atoms. The van der Waals surface area contributed by atoms with Gasteiger partial charge in [-0.2, -0.15) is 15.0 Å². The smallest absolute Gasteiger partial charge is 0.119 e. The standard InChI is InChI=1S/C14H12ClN3O/c15-11-5-7-12(8-6-11)19-10-9-18-16-13-3-1-2-4-14(13)17-18/h1-8H,9-10H2. The SMILES string of the molecule is Clc1ccc(OCCn2nc3ccccc3n2)cc1. The predicted octanol–water partition coefficient (Wildman–Crippen LogP) is 3.16. The topological polar surface area (TPSA) is 39.9 Å². The highest BCUT2D eigenvalue weighted by Gasteiger charge is 2.01. The number of hydrogen-bond acceptors (Lipinski definition) is 3. The molecule has 5 heteroatoms. The first-order chi connectivity index (χ1) is 9.31. The molecule has 0 bridgehead atoms. The van der Waals surface area contributed by atoms with E-state index < -0.39 is 0 Å². The van der Waals surface area contributed by atoms with Crippen molar-refractivity contribution in [1.82, 2.24) is 15.0 Å². The molecule has 0 saturated heterocycles. The fourth-order valence-corrected chi connectivity index (χ4v) is 1.91. The summed E-state index contributed by atoms with van der Waals surface area (Å²) in [5.41, 5.74) is 1.79. The van der Waals surface area contributed by atoms with Crippen LogP contribution in [0, 0.1) is 0 Å². The van der Waals surface area contributed by atoms with E-state index >= 15 is 0 Å². The zero-order valence-electron chi connectivity index (χ0n) is 10.2. The average Bonchev–Trinajstić information content (AvgIpc) is 2.83. The van der Waals surface area contributed by atoms with E-state index in [0.717, 1.165) is 16.8 Å². The Morgan fingerprint density at radius 3 is 2.21 bits per heavy atom. The van der Waals surface area contributed by atoms with Crippen molar-refractivity contribution in [3.05, 3.63) is 53.6 Å². The minimum Gasteiger partial charge on any atom is -0.492 e. The van der Waals surface area contributed by atoms with Crippen molar-refractivity contribution in [1.29, 1.82) is 0 Å². The molecule has 0 spiro atoms. The van der Waals surface area contributed by atoms with Crippen molar-refractivity contribution in [2.75, 3.05) is 6.61 Å². The lowest BCUT2D eigenvalue weighted by atomic mass is 10.3. The van der Waals surface area contributed by atoms with Crippen LogP contribution < -0.4 is 4.74 Å². The van der Waals surface area contributed by atoms with Crippen LogP contribution in [-0.2, 0) is 6.54 Å². The maximum atomic E-state index is 5.81. The second kappa shape index (κ2) is 5.28. The summed E-state index contributed by atoms with van der Waals surface area (Å²) in [4.78, 5) is 1.65. The van der Waals surface area contributed by atoms with E-state index in [-0.39, 0.29) is 0 Å². The Bertz CT molecular complexity index is 645. The third-order valence-corrected chi connectivity index (χ3v) is 2.95. The first kappa shape index (κ1) is 12.0. The molecule has 3 rings (SSSR count). The number of ether oxygens (including phenoxy) is 1. The second-order valence-corrected chi connectivity index (χ2v) is 4.52. The number of aromatic nitrogens is 3. The molecule has 96 valence electrons. The van der Waals surface area contributed by atoms with Gasteiger partial charge in [0.1, 0.15) is 23.4 Å². The van der Waals surface area contributed by atoms with Gasteiger partial charge < -0.3 is 4.74 Å². The molecular weight excluding hydrogens is 262 g/mol. The molecular formula is C14H12ClN3O. The van der Waals surface area contributed by atoms with Crippen molar-refractivity contribution in [3.8, 4) is 5.75 Å². The van der Waals surface area contributed by atoms with Gasteiger partial charge in [0, 0.05) is 5.02 Å². The van der Waals surface area contributed by atoms with Crippen LogP contribution in [0.2, 0.25) is 5.02 Å². The van der Waals surface area contributed by atoms with Crippen molar-refractivity contribution >= 4 is 22.6 Å². The van der Waals surface area contributed by atoms with Crippen LogP contribution in [0.15, 0.2) is 48.5 Å². The van der Waals surface area contributed by atoms with E-state index in [4.69, 9.17) is 16.3 Å². The number of benzene rings is 2. The third-order valence-electron chi connectivity index (χ3n) is 2.70. The van der Waals surface area contributed by atoms with Gasteiger partial charge >= 0.3 is 0 Å². The summed E-state index contributed by atoms with van der Waals surface area (Å²) in [7, 11) is 0. The molecule has 0 amide bonds. The van der Waals surface area contributed by atoms with Crippen molar-refractivity contribution < 1.29 is 4.74 Å². The Labute approximate surface area is 115 Å². The van der Waals surface area contributed by atoms with Crippen molar-refractivity contribution in [2.45, 2.75) is 6.54 Å². The van der Waals surface area contributed by atoms with Crippen LogP contribution in [-0.4, -0.2) is 21.6 Å². The number of fused-ring (bicyclic) bond motifs is 1. The maximum Gasteiger partial charge on any atom is 0.119 e. The van der Waals surface area contributed by atoms with Gasteiger partial charge in [0.25, 0.3) is 0 Å². The van der Waals surface area contributed by atoms with Gasteiger partial charge in [-0.1, -0.05) is 23.7 Å². The molecule has 4 nitrogen and oxygen atoms in total. The van der Waals surface area contributed by atoms with Gasteiger partial charge in [-0.3, -0.25) is 0 Å². The summed E-state index contributed by atoms with van der Waals surface area (Å²) < 4.78 is 5.60. The summed E-state index contributed by atoms with van der Waals surface area (Å²) >= 11 is 5.81. The predicted molar refractivity (Wildman–Crippen MR) is 74.5 cm³/mol. The van der Waals surface area contributed by atoms with E-state index in [1.807, 2.05) is 36.4 Å². The molecule has 1 heterocycles. The highest BCUT2D eigenvalue weighted by Crippen LogP contribution is 2.15. The summed E-state index contributed by atoms with van der Waals surface area (Å²) in [5, 5.41) is 9.43. The molecule has 0 aliphatic carbocycles. The first-order valence-electron chi connectivity index (χ1n) is 5.99. The molecule has 0 atom stereocenters. The Kier molecular flexibility index (Phi) is 3.33. The van der Waals surface area contributed by atoms with Gasteiger partial charge in [0.15, 0.2) is 0 Å². The number of hydrogen-bond donors (Lipinski definition) is 0. The lowest BCUT2D eigenvalue weighted by Gasteiger charge is -2.05. The molecule has 0 radical (unpaired) electrons. The highest BCUT2D eigenvalue weighted by atomic mass is 35.5. The minimum atomic E-state index is 0.516. The van der Waals surface area contributed by atoms with Gasteiger partial charge in [-0.15, -0.1) is 0 Å². The summed E-state index contributed by atoms with van der Waals surface area (Å²) in [5.74, 6) is 0.793. The zero-order chi connectivity index (χ0) is 13.1. The van der Waals surface area contributed by atoms with Crippen LogP contribution in [0.1, 0.15) is 0 Å².